The van der Waals surface area contributed by atoms with E-state index in [-0.39, 0.29) is 12.5 Å². The molecule has 0 aliphatic carbocycles. The number of anilines is 3. The number of allylic oxidation sites excluding steroid dienone is 1. The Labute approximate surface area is 243 Å². The molecule has 2 atom stereocenters. The maximum absolute atomic E-state index is 13.9. The van der Waals surface area contributed by atoms with E-state index in [2.05, 4.69) is 10.3 Å². The van der Waals surface area contributed by atoms with E-state index in [0.29, 0.717) is 59.1 Å². The molecule has 10 nitrogen and oxygen atoms in total. The van der Waals surface area contributed by atoms with Crippen molar-refractivity contribution in [2.24, 2.45) is 5.92 Å². The van der Waals surface area contributed by atoms with Crippen molar-refractivity contribution in [3.63, 3.8) is 0 Å². The smallest absolute Gasteiger partial charge is 0.266 e. The lowest BCUT2D eigenvalue weighted by atomic mass is 9.82. The van der Waals surface area contributed by atoms with Crippen LogP contribution in [0.5, 0.6) is 11.5 Å². The first-order chi connectivity index (χ1) is 20.3. The summed E-state index contributed by atoms with van der Waals surface area (Å²) in [6.07, 6.45) is 6.59. The van der Waals surface area contributed by atoms with E-state index in [4.69, 9.17) is 9.84 Å². The Hall–Kier alpha value is -4.80. The van der Waals surface area contributed by atoms with Gasteiger partial charge in [-0.25, -0.2) is 0 Å². The van der Waals surface area contributed by atoms with Gasteiger partial charge in [0.2, 0.25) is 0 Å². The molecule has 0 saturated heterocycles. The van der Waals surface area contributed by atoms with Gasteiger partial charge in [0.15, 0.2) is 11.4 Å². The molecule has 4 aromatic rings. The number of nitrogens with zero attached hydrogens (tertiary/aromatic N) is 5. The lowest BCUT2D eigenvalue weighted by molar-refractivity contribution is -0.139. The first kappa shape index (κ1) is 27.4. The van der Waals surface area contributed by atoms with Gasteiger partial charge in [0.05, 0.1) is 22.6 Å². The lowest BCUT2D eigenvalue weighted by Gasteiger charge is -2.28. The van der Waals surface area contributed by atoms with Crippen LogP contribution in [0.15, 0.2) is 85.1 Å². The van der Waals surface area contributed by atoms with E-state index in [1.165, 1.54) is 4.90 Å². The van der Waals surface area contributed by atoms with E-state index in [0.717, 1.165) is 5.69 Å². The predicted molar refractivity (Wildman–Crippen MR) is 157 cm³/mol. The monoisotopic (exact) mass is 565 g/mol. The average Bonchev–Trinajstić information content (AvgIpc) is 3.49. The summed E-state index contributed by atoms with van der Waals surface area (Å²) >= 11 is 0. The number of rotatable bonds is 8. The molecular formula is C32H31N5O5. The normalized spacial score (nSPS) is 18.5. The van der Waals surface area contributed by atoms with Crippen molar-refractivity contribution >= 4 is 28.9 Å². The maximum atomic E-state index is 13.9. The second-order valence-corrected chi connectivity index (χ2v) is 10.5. The van der Waals surface area contributed by atoms with Crippen LogP contribution in [-0.4, -0.2) is 50.7 Å². The van der Waals surface area contributed by atoms with Gasteiger partial charge in [-0.05, 0) is 48.9 Å². The van der Waals surface area contributed by atoms with Crippen molar-refractivity contribution in [1.29, 1.82) is 0 Å². The number of aromatic nitrogens is 3. The SMILES string of the molecule is C[C@H](/C=C/CCn1cc(CCO)nn1)[C@@]1(O)C(=O)N(C)c2ccc(N3C(=O)c4ccccc4Oc4ccccc43)cc21. The third-order valence-electron chi connectivity index (χ3n) is 7.85. The standard InChI is InChI=1S/C32H31N5O5/c1-21(9-7-8-17-36-20-22(16-18-38)33-34-36)32(41)25-19-23(14-15-26(25)35(2)31(32)40)37-27-11-4-6-13-29(27)42-28-12-5-3-10-24(28)30(37)39/h3-7,9-15,19-21,38,41H,8,16-18H2,1-2H3/b9-7+/t21-,32+/m1/s1. The number of aryl methyl sites for hydroxylation is 1. The minimum Gasteiger partial charge on any atom is -0.454 e. The molecule has 6 rings (SSSR count). The summed E-state index contributed by atoms with van der Waals surface area (Å²) in [5.41, 5.74) is 1.37. The number of fused-ring (bicyclic) bond motifs is 3. The van der Waals surface area contributed by atoms with E-state index in [9.17, 15) is 14.7 Å². The maximum Gasteiger partial charge on any atom is 0.266 e. The number of aliphatic hydroxyl groups excluding tert-OH is 1. The van der Waals surface area contributed by atoms with Crippen molar-refractivity contribution < 1.29 is 24.5 Å². The molecule has 1 aromatic heterocycles. The molecule has 0 fully saturated rings. The van der Waals surface area contributed by atoms with Crippen LogP contribution in [0.2, 0.25) is 0 Å². The Morgan fingerprint density at radius 1 is 1.02 bits per heavy atom. The average molecular weight is 566 g/mol. The molecule has 0 bridgehead atoms. The molecule has 0 radical (unpaired) electrons. The number of aliphatic hydroxyl groups is 2. The number of hydrogen-bond acceptors (Lipinski definition) is 7. The molecule has 2 N–H and O–H groups in total. The highest BCUT2D eigenvalue weighted by Gasteiger charge is 2.51. The van der Waals surface area contributed by atoms with E-state index in [1.54, 1.807) is 72.2 Å². The zero-order valence-electron chi connectivity index (χ0n) is 23.3. The van der Waals surface area contributed by atoms with Gasteiger partial charge in [-0.2, -0.15) is 0 Å². The predicted octanol–water partition coefficient (Wildman–Crippen LogP) is 4.34. The van der Waals surface area contributed by atoms with E-state index < -0.39 is 17.4 Å². The van der Waals surface area contributed by atoms with Crippen molar-refractivity contribution in [3.8, 4) is 11.5 Å². The number of carbonyl (C=O) groups excluding carboxylic acids is 2. The second-order valence-electron chi connectivity index (χ2n) is 10.5. The molecule has 10 heteroatoms. The first-order valence-corrected chi connectivity index (χ1v) is 13.8. The fourth-order valence-corrected chi connectivity index (χ4v) is 5.57. The van der Waals surface area contributed by atoms with Gasteiger partial charge in [0.25, 0.3) is 11.8 Å². The van der Waals surface area contributed by atoms with Crippen LogP contribution in [0.3, 0.4) is 0 Å². The lowest BCUT2D eigenvalue weighted by Crippen LogP contribution is -2.43. The fourth-order valence-electron chi connectivity index (χ4n) is 5.57. The Morgan fingerprint density at radius 2 is 1.79 bits per heavy atom. The molecule has 42 heavy (non-hydrogen) atoms. The van der Waals surface area contributed by atoms with Crippen LogP contribution in [0.1, 0.15) is 35.0 Å². The molecule has 0 unspecified atom stereocenters. The molecule has 3 heterocycles. The topological polar surface area (TPSA) is 121 Å². The molecule has 214 valence electrons. The summed E-state index contributed by atoms with van der Waals surface area (Å²) < 4.78 is 7.82. The van der Waals surface area contributed by atoms with E-state index in [1.807, 2.05) is 36.4 Å². The van der Waals surface area contributed by atoms with Crippen LogP contribution in [0, 0.1) is 5.92 Å². The fraction of sp³-hybridized carbons (Fsp3) is 0.250. The second kappa shape index (κ2) is 10.9. The van der Waals surface area contributed by atoms with E-state index >= 15 is 0 Å². The molecule has 2 amide bonds. The van der Waals surface area contributed by atoms with Crippen molar-refractivity contribution in [3.05, 3.63) is 102 Å². The minimum absolute atomic E-state index is 0.0137. The summed E-state index contributed by atoms with van der Waals surface area (Å²) in [5.74, 6) is -0.306. The largest absolute Gasteiger partial charge is 0.454 e. The van der Waals surface area contributed by atoms with Gasteiger partial charge in [-0.1, -0.05) is 48.6 Å². The summed E-state index contributed by atoms with van der Waals surface area (Å²) in [5, 5.41) is 29.2. The third-order valence-corrected chi connectivity index (χ3v) is 7.85. The summed E-state index contributed by atoms with van der Waals surface area (Å²) in [4.78, 5) is 30.5. The van der Waals surface area contributed by atoms with Gasteiger partial charge in [0, 0.05) is 50.0 Å². The highest BCUT2D eigenvalue weighted by Crippen LogP contribution is 2.48. The molecular weight excluding hydrogens is 534 g/mol. The Balaban J connectivity index is 1.32. The molecule has 0 saturated carbocycles. The van der Waals surface area contributed by atoms with Gasteiger partial charge in [0.1, 0.15) is 5.75 Å². The zero-order chi connectivity index (χ0) is 29.4. The quantitative estimate of drug-likeness (QED) is 0.305. The number of likely N-dealkylation sites (N-methyl/N-ethyl adjacent to an activating group) is 1. The highest BCUT2D eigenvalue weighted by molar-refractivity contribution is 6.15. The molecule has 3 aromatic carbocycles. The van der Waals surface area contributed by atoms with Crippen molar-refractivity contribution in [2.75, 3.05) is 23.5 Å². The molecule has 2 aliphatic rings. The number of amides is 2. The van der Waals surface area contributed by atoms with Crippen LogP contribution >= 0.6 is 0 Å². The number of hydrogen-bond donors (Lipinski definition) is 2. The van der Waals surface area contributed by atoms with Crippen molar-refractivity contribution in [2.45, 2.75) is 31.9 Å². The number of carbonyl (C=O) groups is 2. The number of benzene rings is 3. The number of ether oxygens (including phenoxy) is 1. The minimum atomic E-state index is -1.83. The van der Waals surface area contributed by atoms with Crippen LogP contribution in [0.25, 0.3) is 0 Å². The Kier molecular flexibility index (Phi) is 7.09. The summed E-state index contributed by atoms with van der Waals surface area (Å²) in [6, 6.07) is 19.6. The highest BCUT2D eigenvalue weighted by atomic mass is 16.5. The number of para-hydroxylation sites is 3. The van der Waals surface area contributed by atoms with Gasteiger partial charge >= 0.3 is 0 Å². The molecule has 0 spiro atoms. The van der Waals surface area contributed by atoms with Crippen molar-refractivity contribution in [1.82, 2.24) is 15.0 Å². The Bertz CT molecular complexity index is 1700. The van der Waals surface area contributed by atoms with Gasteiger partial charge < -0.3 is 19.8 Å². The third kappa shape index (κ3) is 4.54. The van der Waals surface area contributed by atoms with Crippen LogP contribution in [-0.2, 0) is 23.4 Å². The molecule has 2 aliphatic heterocycles. The van der Waals surface area contributed by atoms with Crippen LogP contribution in [0.4, 0.5) is 17.1 Å². The van der Waals surface area contributed by atoms with Gasteiger partial charge in [-0.3, -0.25) is 19.2 Å². The first-order valence-electron chi connectivity index (χ1n) is 13.8. The summed E-state index contributed by atoms with van der Waals surface area (Å²) in [7, 11) is 1.64. The Morgan fingerprint density at radius 3 is 2.60 bits per heavy atom. The zero-order valence-corrected chi connectivity index (χ0v) is 23.3. The van der Waals surface area contributed by atoms with Gasteiger partial charge in [-0.15, -0.1) is 5.10 Å². The van der Waals surface area contributed by atoms with Crippen LogP contribution < -0.4 is 14.5 Å². The summed E-state index contributed by atoms with van der Waals surface area (Å²) in [6.45, 7) is 2.38.